The van der Waals surface area contributed by atoms with Crippen LogP contribution in [0.1, 0.15) is 39.5 Å². The van der Waals surface area contributed by atoms with E-state index in [1.54, 1.807) is 0 Å². The van der Waals surface area contributed by atoms with E-state index >= 15 is 0 Å². The van der Waals surface area contributed by atoms with Gasteiger partial charge in [0.05, 0.1) is 12.2 Å². The minimum atomic E-state index is -0.00798. The largest absolute Gasteiger partial charge is 0.381 e. The number of amides is 1. The molecule has 3 unspecified atom stereocenters. The Kier molecular flexibility index (Phi) is 4.40. The third-order valence-corrected chi connectivity index (χ3v) is 3.84. The van der Waals surface area contributed by atoms with Gasteiger partial charge in [-0.2, -0.15) is 0 Å². The predicted molar refractivity (Wildman–Crippen MR) is 66.5 cm³/mol. The highest BCUT2D eigenvalue weighted by Crippen LogP contribution is 2.20. The summed E-state index contributed by atoms with van der Waals surface area (Å²) in [5.74, 6) is 0.920. The second kappa shape index (κ2) is 5.83. The lowest BCUT2D eigenvalue weighted by molar-refractivity contribution is -0.130. The van der Waals surface area contributed by atoms with E-state index in [4.69, 9.17) is 4.74 Å². The number of hydrogen-bond acceptors (Lipinski definition) is 3. The smallest absolute Gasteiger partial charge is 0.240 e. The minimum Gasteiger partial charge on any atom is -0.381 e. The van der Waals surface area contributed by atoms with Gasteiger partial charge >= 0.3 is 0 Å². The lowest BCUT2D eigenvalue weighted by Crippen LogP contribution is -2.38. The molecule has 17 heavy (non-hydrogen) atoms. The van der Waals surface area contributed by atoms with Crippen LogP contribution in [0, 0.1) is 5.92 Å². The van der Waals surface area contributed by atoms with Crippen LogP contribution < -0.4 is 5.32 Å². The van der Waals surface area contributed by atoms with Crippen LogP contribution >= 0.6 is 0 Å². The summed E-state index contributed by atoms with van der Waals surface area (Å²) in [5, 5.41) is 3.38. The Morgan fingerprint density at radius 1 is 1.47 bits per heavy atom. The first-order chi connectivity index (χ1) is 8.22. The molecule has 0 saturated carbocycles. The van der Waals surface area contributed by atoms with E-state index in [2.05, 4.69) is 12.2 Å². The van der Waals surface area contributed by atoms with E-state index in [9.17, 15) is 4.79 Å². The van der Waals surface area contributed by atoms with Crippen molar-refractivity contribution in [3.63, 3.8) is 0 Å². The lowest BCUT2D eigenvalue weighted by Gasteiger charge is -2.25. The Hall–Kier alpha value is -0.610. The summed E-state index contributed by atoms with van der Waals surface area (Å²) < 4.78 is 5.38. The van der Waals surface area contributed by atoms with Crippen LogP contribution in [-0.2, 0) is 9.53 Å². The molecule has 0 aromatic heterocycles. The Balaban J connectivity index is 1.84. The average Bonchev–Trinajstić information content (AvgIpc) is 2.89. The Morgan fingerprint density at radius 2 is 2.29 bits per heavy atom. The molecular formula is C13H24N2O2. The fourth-order valence-electron chi connectivity index (χ4n) is 2.76. The van der Waals surface area contributed by atoms with Crippen molar-refractivity contribution in [1.29, 1.82) is 0 Å². The Labute approximate surface area is 104 Å². The highest BCUT2D eigenvalue weighted by molar-refractivity contribution is 5.83. The van der Waals surface area contributed by atoms with E-state index in [0.717, 1.165) is 45.4 Å². The maximum atomic E-state index is 12.0. The molecule has 2 heterocycles. The molecule has 2 saturated heterocycles. The monoisotopic (exact) mass is 240 g/mol. The number of carbonyl (C=O) groups excluding carboxylic acids is 1. The third kappa shape index (κ3) is 2.99. The van der Waals surface area contributed by atoms with Crippen molar-refractivity contribution in [2.75, 3.05) is 19.8 Å². The minimum absolute atomic E-state index is 0.00798. The van der Waals surface area contributed by atoms with Gasteiger partial charge in [0.25, 0.3) is 0 Å². The van der Waals surface area contributed by atoms with Crippen molar-refractivity contribution >= 4 is 5.91 Å². The number of carbonyl (C=O) groups is 1. The molecule has 0 aromatic carbocycles. The molecule has 0 aliphatic carbocycles. The summed E-state index contributed by atoms with van der Waals surface area (Å²) in [5.41, 5.74) is 0. The van der Waals surface area contributed by atoms with E-state index in [1.807, 2.05) is 11.8 Å². The van der Waals surface area contributed by atoms with E-state index in [-0.39, 0.29) is 18.1 Å². The van der Waals surface area contributed by atoms with Crippen LogP contribution in [0.3, 0.4) is 0 Å². The molecule has 4 nitrogen and oxygen atoms in total. The summed E-state index contributed by atoms with van der Waals surface area (Å²) in [6.07, 6.45) is 4.66. The first-order valence-electron chi connectivity index (χ1n) is 6.86. The molecule has 98 valence electrons. The normalized spacial score (nSPS) is 33.6. The summed E-state index contributed by atoms with van der Waals surface area (Å²) in [6.45, 7) is 6.78. The van der Waals surface area contributed by atoms with Crippen LogP contribution in [0.2, 0.25) is 0 Å². The van der Waals surface area contributed by atoms with Crippen molar-refractivity contribution in [3.05, 3.63) is 0 Å². The molecule has 2 rings (SSSR count). The van der Waals surface area contributed by atoms with Crippen LogP contribution in [0.25, 0.3) is 0 Å². The van der Waals surface area contributed by atoms with Crippen LogP contribution in [0.5, 0.6) is 0 Å². The predicted octanol–water partition coefficient (Wildman–Crippen LogP) is 1.36. The van der Waals surface area contributed by atoms with Gasteiger partial charge in [-0.15, -0.1) is 0 Å². The quantitative estimate of drug-likeness (QED) is 0.789. The number of nitrogens with zero attached hydrogens (tertiary/aromatic N) is 1. The van der Waals surface area contributed by atoms with Gasteiger partial charge in [0.2, 0.25) is 5.91 Å². The van der Waals surface area contributed by atoms with Gasteiger partial charge in [-0.3, -0.25) is 10.1 Å². The van der Waals surface area contributed by atoms with Gasteiger partial charge in [-0.25, -0.2) is 0 Å². The van der Waals surface area contributed by atoms with Gasteiger partial charge in [0.1, 0.15) is 0 Å². The van der Waals surface area contributed by atoms with E-state index in [0.29, 0.717) is 5.92 Å². The topological polar surface area (TPSA) is 41.6 Å². The SMILES string of the molecule is CCCC1NC(C)C(=O)N1CCC1CCOC1. The summed E-state index contributed by atoms with van der Waals surface area (Å²) in [7, 11) is 0. The average molecular weight is 240 g/mol. The molecule has 1 amide bonds. The standard InChI is InChI=1S/C13H24N2O2/c1-3-4-12-14-10(2)13(16)15(12)7-5-11-6-8-17-9-11/h10-12,14H,3-9H2,1-2H3. The zero-order chi connectivity index (χ0) is 12.3. The van der Waals surface area contributed by atoms with Crippen LogP contribution in [0.15, 0.2) is 0 Å². The highest BCUT2D eigenvalue weighted by atomic mass is 16.5. The van der Waals surface area contributed by atoms with Crippen molar-refractivity contribution in [3.8, 4) is 0 Å². The van der Waals surface area contributed by atoms with Crippen molar-refractivity contribution in [1.82, 2.24) is 10.2 Å². The molecule has 0 aromatic rings. The van der Waals surface area contributed by atoms with Gasteiger partial charge in [-0.05, 0) is 32.1 Å². The first-order valence-corrected chi connectivity index (χ1v) is 6.86. The molecule has 2 aliphatic heterocycles. The molecule has 0 spiro atoms. The van der Waals surface area contributed by atoms with E-state index in [1.165, 1.54) is 0 Å². The second-order valence-corrected chi connectivity index (χ2v) is 5.24. The van der Waals surface area contributed by atoms with Gasteiger partial charge in [0.15, 0.2) is 0 Å². The van der Waals surface area contributed by atoms with Gasteiger partial charge in [0, 0.05) is 19.8 Å². The Morgan fingerprint density at radius 3 is 2.94 bits per heavy atom. The number of nitrogens with one attached hydrogen (secondary N) is 1. The molecule has 4 heteroatoms. The van der Waals surface area contributed by atoms with Gasteiger partial charge < -0.3 is 9.64 Å². The Bertz CT molecular complexity index is 264. The molecular weight excluding hydrogens is 216 g/mol. The first kappa shape index (κ1) is 12.8. The molecule has 2 fully saturated rings. The molecule has 1 N–H and O–H groups in total. The van der Waals surface area contributed by atoms with Crippen molar-refractivity contribution in [2.24, 2.45) is 5.92 Å². The number of hydrogen-bond donors (Lipinski definition) is 1. The molecule has 2 aliphatic rings. The van der Waals surface area contributed by atoms with E-state index < -0.39 is 0 Å². The van der Waals surface area contributed by atoms with Crippen molar-refractivity contribution in [2.45, 2.75) is 51.7 Å². The zero-order valence-electron chi connectivity index (χ0n) is 10.9. The fourth-order valence-corrected chi connectivity index (χ4v) is 2.76. The third-order valence-electron chi connectivity index (χ3n) is 3.84. The summed E-state index contributed by atoms with van der Waals surface area (Å²) in [4.78, 5) is 14.1. The fraction of sp³-hybridized carbons (Fsp3) is 0.923. The van der Waals surface area contributed by atoms with Crippen LogP contribution in [-0.4, -0.2) is 42.8 Å². The van der Waals surface area contributed by atoms with Gasteiger partial charge in [-0.1, -0.05) is 13.3 Å². The second-order valence-electron chi connectivity index (χ2n) is 5.24. The highest BCUT2D eigenvalue weighted by Gasteiger charge is 2.35. The lowest BCUT2D eigenvalue weighted by atomic mass is 10.0. The maximum Gasteiger partial charge on any atom is 0.240 e. The molecule has 0 radical (unpaired) electrons. The molecule has 3 atom stereocenters. The number of rotatable bonds is 5. The van der Waals surface area contributed by atoms with Crippen molar-refractivity contribution < 1.29 is 9.53 Å². The zero-order valence-corrected chi connectivity index (χ0v) is 10.9. The molecule has 0 bridgehead atoms. The number of ether oxygens (including phenoxy) is 1. The summed E-state index contributed by atoms with van der Waals surface area (Å²) >= 11 is 0. The van der Waals surface area contributed by atoms with Crippen LogP contribution in [0.4, 0.5) is 0 Å². The maximum absolute atomic E-state index is 12.0. The summed E-state index contributed by atoms with van der Waals surface area (Å²) in [6, 6.07) is -0.00798.